The number of para-hydroxylation sites is 1. The Morgan fingerprint density at radius 2 is 2.10 bits per heavy atom. The van der Waals surface area contributed by atoms with Crippen molar-refractivity contribution in [1.29, 1.82) is 0 Å². The van der Waals surface area contributed by atoms with Crippen LogP contribution < -0.4 is 5.56 Å². The van der Waals surface area contributed by atoms with Gasteiger partial charge in [-0.25, -0.2) is 4.98 Å². The number of aryl methyl sites for hydroxylation is 1. The van der Waals surface area contributed by atoms with Crippen LogP contribution in [-0.2, 0) is 11.2 Å². The van der Waals surface area contributed by atoms with Crippen LogP contribution in [0.15, 0.2) is 29.1 Å². The minimum absolute atomic E-state index is 0.0826. The Morgan fingerprint density at radius 1 is 1.33 bits per heavy atom. The number of hydrogen-bond donors (Lipinski definition) is 1. The third-order valence-corrected chi connectivity index (χ3v) is 3.51. The molecule has 1 heterocycles. The number of nitrogens with zero attached hydrogens (tertiary/aromatic N) is 2. The summed E-state index contributed by atoms with van der Waals surface area (Å²) in [5, 5.41) is 0.577. The molecule has 0 bridgehead atoms. The van der Waals surface area contributed by atoms with Crippen LogP contribution >= 0.6 is 0 Å². The van der Waals surface area contributed by atoms with E-state index in [9.17, 15) is 9.59 Å². The maximum absolute atomic E-state index is 12.0. The fourth-order valence-corrected chi connectivity index (χ4v) is 2.19. The minimum atomic E-state index is -0.151. The number of carbonyl (C=O) groups is 1. The lowest BCUT2D eigenvalue weighted by Crippen LogP contribution is -2.28. The molecule has 5 nitrogen and oxygen atoms in total. The predicted octanol–water partition coefficient (Wildman–Crippen LogP) is 2.11. The van der Waals surface area contributed by atoms with Crippen LogP contribution in [0.5, 0.6) is 0 Å². The number of unbranched alkanes of at least 4 members (excludes halogenated alkanes) is 1. The first kappa shape index (κ1) is 15.2. The zero-order valence-electron chi connectivity index (χ0n) is 12.6. The smallest absolute Gasteiger partial charge is 0.258 e. The number of nitrogens with one attached hydrogen (secondary N) is 1. The number of aromatic nitrogens is 2. The molecule has 21 heavy (non-hydrogen) atoms. The Hall–Kier alpha value is -2.17. The van der Waals surface area contributed by atoms with Crippen molar-refractivity contribution in [1.82, 2.24) is 14.9 Å². The molecule has 1 aromatic carbocycles. The molecule has 0 saturated carbocycles. The fraction of sp³-hybridized carbons (Fsp3) is 0.438. The lowest BCUT2D eigenvalue weighted by atomic mass is 10.2. The second-order valence-electron chi connectivity index (χ2n) is 5.20. The summed E-state index contributed by atoms with van der Waals surface area (Å²) in [6, 6.07) is 7.21. The summed E-state index contributed by atoms with van der Waals surface area (Å²) in [6.45, 7) is 2.87. The molecule has 0 unspecified atom stereocenters. The van der Waals surface area contributed by atoms with Gasteiger partial charge in [0.2, 0.25) is 5.91 Å². The maximum Gasteiger partial charge on any atom is 0.258 e. The van der Waals surface area contributed by atoms with Gasteiger partial charge in [-0.05, 0) is 18.6 Å². The van der Waals surface area contributed by atoms with Gasteiger partial charge >= 0.3 is 0 Å². The molecule has 0 spiro atoms. The van der Waals surface area contributed by atoms with Gasteiger partial charge in [0.25, 0.3) is 5.56 Å². The van der Waals surface area contributed by atoms with E-state index < -0.39 is 0 Å². The molecule has 0 aliphatic heterocycles. The fourth-order valence-electron chi connectivity index (χ4n) is 2.19. The molecule has 0 aliphatic carbocycles. The molecule has 0 aliphatic rings. The Morgan fingerprint density at radius 3 is 2.86 bits per heavy atom. The molecular formula is C16H21N3O2. The highest BCUT2D eigenvalue weighted by Gasteiger charge is 2.10. The quantitative estimate of drug-likeness (QED) is 0.885. The topological polar surface area (TPSA) is 66.1 Å². The Labute approximate surface area is 124 Å². The van der Waals surface area contributed by atoms with E-state index in [1.54, 1.807) is 11.0 Å². The lowest BCUT2D eigenvalue weighted by molar-refractivity contribution is -0.129. The lowest BCUT2D eigenvalue weighted by Gasteiger charge is -2.16. The third-order valence-electron chi connectivity index (χ3n) is 3.51. The van der Waals surface area contributed by atoms with E-state index in [-0.39, 0.29) is 11.5 Å². The molecule has 0 atom stereocenters. The minimum Gasteiger partial charge on any atom is -0.346 e. The van der Waals surface area contributed by atoms with Crippen molar-refractivity contribution in [2.45, 2.75) is 32.6 Å². The predicted molar refractivity (Wildman–Crippen MR) is 83.2 cm³/mol. The largest absolute Gasteiger partial charge is 0.346 e. The van der Waals surface area contributed by atoms with E-state index in [1.165, 1.54) is 0 Å². The highest BCUT2D eigenvalue weighted by atomic mass is 16.2. The van der Waals surface area contributed by atoms with Crippen LogP contribution in [-0.4, -0.2) is 34.4 Å². The number of fused-ring (bicyclic) bond motifs is 1. The van der Waals surface area contributed by atoms with E-state index in [0.717, 1.165) is 19.4 Å². The molecule has 0 fully saturated rings. The third kappa shape index (κ3) is 3.90. The molecule has 0 saturated heterocycles. The number of H-pyrrole nitrogens is 1. The number of rotatable bonds is 6. The summed E-state index contributed by atoms with van der Waals surface area (Å²) in [4.78, 5) is 32.8. The van der Waals surface area contributed by atoms with Gasteiger partial charge in [-0.2, -0.15) is 0 Å². The Bertz CT molecular complexity index is 679. The van der Waals surface area contributed by atoms with E-state index in [0.29, 0.717) is 29.6 Å². The van der Waals surface area contributed by atoms with Crippen LogP contribution in [0, 0.1) is 0 Å². The number of carbonyl (C=O) groups excluding carboxylic acids is 1. The monoisotopic (exact) mass is 287 g/mol. The van der Waals surface area contributed by atoms with Crippen LogP contribution in [0.4, 0.5) is 0 Å². The standard InChI is InChI=1S/C16H21N3O2/c1-3-4-11-19(2)15(20)10-9-14-17-13-8-6-5-7-12(13)16(21)18-14/h5-8H,3-4,9-11H2,1-2H3,(H,17,18,21). The van der Waals surface area contributed by atoms with Crippen molar-refractivity contribution in [2.24, 2.45) is 0 Å². The second kappa shape index (κ2) is 7.02. The van der Waals surface area contributed by atoms with Crippen LogP contribution in [0.25, 0.3) is 10.9 Å². The molecule has 2 aromatic rings. The Kier molecular flexibility index (Phi) is 5.09. The highest BCUT2D eigenvalue weighted by molar-refractivity contribution is 5.78. The van der Waals surface area contributed by atoms with Gasteiger partial charge < -0.3 is 9.88 Å². The van der Waals surface area contributed by atoms with Gasteiger partial charge in [-0.1, -0.05) is 25.5 Å². The van der Waals surface area contributed by atoms with Gasteiger partial charge in [0.1, 0.15) is 5.82 Å². The van der Waals surface area contributed by atoms with E-state index >= 15 is 0 Å². The maximum atomic E-state index is 12.0. The normalized spacial score (nSPS) is 10.8. The average molecular weight is 287 g/mol. The molecule has 2 rings (SSSR count). The zero-order chi connectivity index (χ0) is 15.2. The molecule has 1 amide bonds. The van der Waals surface area contributed by atoms with Crippen molar-refractivity contribution >= 4 is 16.8 Å². The first-order chi connectivity index (χ1) is 10.1. The van der Waals surface area contributed by atoms with Gasteiger partial charge in [0.15, 0.2) is 0 Å². The summed E-state index contributed by atoms with van der Waals surface area (Å²) in [6.07, 6.45) is 2.89. The van der Waals surface area contributed by atoms with Gasteiger partial charge in [-0.15, -0.1) is 0 Å². The van der Waals surface area contributed by atoms with Crippen molar-refractivity contribution in [2.75, 3.05) is 13.6 Å². The Balaban J connectivity index is 2.04. The summed E-state index contributed by atoms with van der Waals surface area (Å²) >= 11 is 0. The van der Waals surface area contributed by atoms with E-state index in [1.807, 2.05) is 25.2 Å². The SMILES string of the molecule is CCCCN(C)C(=O)CCc1nc2ccccc2c(=O)[nH]1. The average Bonchev–Trinajstić information content (AvgIpc) is 2.50. The first-order valence-electron chi connectivity index (χ1n) is 7.33. The first-order valence-corrected chi connectivity index (χ1v) is 7.33. The molecular weight excluding hydrogens is 266 g/mol. The van der Waals surface area contributed by atoms with Crippen LogP contribution in [0.1, 0.15) is 32.0 Å². The summed E-state index contributed by atoms with van der Waals surface area (Å²) < 4.78 is 0. The van der Waals surface area contributed by atoms with Gasteiger partial charge in [-0.3, -0.25) is 9.59 Å². The summed E-state index contributed by atoms with van der Waals surface area (Å²) in [7, 11) is 1.81. The van der Waals surface area contributed by atoms with Crippen molar-refractivity contribution < 1.29 is 4.79 Å². The summed E-state index contributed by atoms with van der Waals surface area (Å²) in [5.74, 6) is 0.648. The van der Waals surface area contributed by atoms with Crippen molar-refractivity contribution in [3.05, 3.63) is 40.4 Å². The highest BCUT2D eigenvalue weighted by Crippen LogP contribution is 2.07. The van der Waals surface area contributed by atoms with Crippen LogP contribution in [0.3, 0.4) is 0 Å². The second-order valence-corrected chi connectivity index (χ2v) is 5.20. The number of amides is 1. The zero-order valence-corrected chi connectivity index (χ0v) is 12.6. The number of aromatic amines is 1. The number of hydrogen-bond acceptors (Lipinski definition) is 3. The molecule has 0 radical (unpaired) electrons. The molecule has 1 aromatic heterocycles. The summed E-state index contributed by atoms with van der Waals surface area (Å²) in [5.41, 5.74) is 0.519. The van der Waals surface area contributed by atoms with E-state index in [2.05, 4.69) is 16.9 Å². The van der Waals surface area contributed by atoms with E-state index in [4.69, 9.17) is 0 Å². The molecule has 112 valence electrons. The number of benzene rings is 1. The van der Waals surface area contributed by atoms with Crippen molar-refractivity contribution in [3.63, 3.8) is 0 Å². The molecule has 5 heteroatoms. The van der Waals surface area contributed by atoms with Gasteiger partial charge in [0.05, 0.1) is 10.9 Å². The van der Waals surface area contributed by atoms with Crippen molar-refractivity contribution in [3.8, 4) is 0 Å². The molecule has 1 N–H and O–H groups in total. The van der Waals surface area contributed by atoms with Crippen LogP contribution in [0.2, 0.25) is 0 Å². The van der Waals surface area contributed by atoms with Gasteiger partial charge in [0, 0.05) is 26.4 Å².